The molecular weight excluding hydrogens is 242 g/mol. The molecular formula is C14H25N3S. The Hall–Kier alpha value is -0.580. The Labute approximate surface area is 115 Å². The average molecular weight is 267 g/mol. The Bertz CT molecular complexity index is 324. The summed E-state index contributed by atoms with van der Waals surface area (Å²) in [6.45, 7) is 6.51. The van der Waals surface area contributed by atoms with Gasteiger partial charge in [-0.25, -0.2) is 4.98 Å². The molecule has 3 nitrogen and oxygen atoms in total. The molecule has 18 heavy (non-hydrogen) atoms. The third-order valence-corrected chi connectivity index (χ3v) is 3.67. The smallest absolute Gasteiger partial charge is 0.0960 e. The molecule has 1 heterocycles. The van der Waals surface area contributed by atoms with Gasteiger partial charge in [-0.05, 0) is 45.6 Å². The monoisotopic (exact) mass is 267 g/mol. The van der Waals surface area contributed by atoms with Crippen molar-refractivity contribution >= 4 is 11.8 Å². The lowest BCUT2D eigenvalue weighted by molar-refractivity contribution is 0.437. The second kappa shape index (κ2) is 8.51. The van der Waals surface area contributed by atoms with E-state index in [1.807, 2.05) is 18.0 Å². The van der Waals surface area contributed by atoms with Crippen LogP contribution >= 0.6 is 11.8 Å². The molecule has 0 saturated heterocycles. The van der Waals surface area contributed by atoms with Crippen molar-refractivity contribution in [2.24, 2.45) is 0 Å². The van der Waals surface area contributed by atoms with Crippen molar-refractivity contribution in [3.63, 3.8) is 0 Å². The van der Waals surface area contributed by atoms with E-state index in [-0.39, 0.29) is 0 Å². The molecule has 0 aliphatic rings. The fourth-order valence-electron chi connectivity index (χ4n) is 1.54. The molecule has 0 amide bonds. The van der Waals surface area contributed by atoms with Gasteiger partial charge in [0, 0.05) is 24.5 Å². The molecule has 0 bridgehead atoms. The first-order valence-corrected chi connectivity index (χ1v) is 7.59. The van der Waals surface area contributed by atoms with Crippen LogP contribution in [-0.2, 0) is 0 Å². The number of hydrogen-bond donors (Lipinski definition) is 1. The van der Waals surface area contributed by atoms with E-state index in [1.54, 1.807) is 0 Å². The first-order valence-electron chi connectivity index (χ1n) is 6.60. The second-order valence-electron chi connectivity index (χ2n) is 4.76. The zero-order valence-electron chi connectivity index (χ0n) is 11.9. The molecule has 0 saturated carbocycles. The molecule has 4 heteroatoms. The third kappa shape index (κ3) is 5.85. The van der Waals surface area contributed by atoms with E-state index in [1.165, 1.54) is 5.56 Å². The lowest BCUT2D eigenvalue weighted by Gasteiger charge is -2.13. The van der Waals surface area contributed by atoms with Crippen LogP contribution in [0.3, 0.4) is 0 Å². The van der Waals surface area contributed by atoms with Crippen LogP contribution in [0.2, 0.25) is 0 Å². The summed E-state index contributed by atoms with van der Waals surface area (Å²) in [5.41, 5.74) is 1.26. The van der Waals surface area contributed by atoms with Crippen molar-refractivity contribution in [3.8, 4) is 0 Å². The largest absolute Gasteiger partial charge is 0.310 e. The minimum absolute atomic E-state index is 0.387. The molecule has 1 aromatic heterocycles. The molecule has 0 aliphatic heterocycles. The highest BCUT2D eigenvalue weighted by Gasteiger charge is 2.04. The molecule has 102 valence electrons. The number of rotatable bonds is 8. The summed E-state index contributed by atoms with van der Waals surface area (Å²) in [5.74, 6) is 1.09. The maximum absolute atomic E-state index is 4.51. The van der Waals surface area contributed by atoms with Crippen molar-refractivity contribution in [2.75, 3.05) is 32.9 Å². The average Bonchev–Trinajstić information content (AvgIpc) is 2.36. The highest BCUT2D eigenvalue weighted by atomic mass is 32.2. The maximum Gasteiger partial charge on any atom is 0.0960 e. The standard InChI is InChI=1S/C14H25N3S/c1-5-8-15-12(2)13-6-7-14(16-11-13)18-10-9-17(3)4/h6-7,11-12,15H,5,8-10H2,1-4H3. The summed E-state index contributed by atoms with van der Waals surface area (Å²) in [4.78, 5) is 6.70. The number of nitrogens with zero attached hydrogens (tertiary/aromatic N) is 2. The van der Waals surface area contributed by atoms with Crippen LogP contribution in [0, 0.1) is 0 Å². The molecule has 0 spiro atoms. The molecule has 1 N–H and O–H groups in total. The lowest BCUT2D eigenvalue weighted by atomic mass is 10.1. The molecule has 1 rings (SSSR count). The van der Waals surface area contributed by atoms with Crippen LogP contribution in [-0.4, -0.2) is 42.8 Å². The van der Waals surface area contributed by atoms with E-state index < -0.39 is 0 Å². The molecule has 1 atom stereocenters. The zero-order valence-corrected chi connectivity index (χ0v) is 12.8. The molecule has 0 aliphatic carbocycles. The molecule has 1 unspecified atom stereocenters. The van der Waals surface area contributed by atoms with Crippen LogP contribution in [0.15, 0.2) is 23.4 Å². The second-order valence-corrected chi connectivity index (χ2v) is 5.87. The van der Waals surface area contributed by atoms with Gasteiger partial charge in [0.15, 0.2) is 0 Å². The first-order chi connectivity index (χ1) is 8.63. The van der Waals surface area contributed by atoms with Crippen LogP contribution in [0.5, 0.6) is 0 Å². The fourth-order valence-corrected chi connectivity index (χ4v) is 2.50. The highest BCUT2D eigenvalue weighted by Crippen LogP contribution is 2.18. The normalized spacial score (nSPS) is 12.9. The SMILES string of the molecule is CCCNC(C)c1ccc(SCCN(C)C)nc1. The van der Waals surface area contributed by atoms with Gasteiger partial charge in [-0.2, -0.15) is 0 Å². The Morgan fingerprint density at radius 2 is 2.17 bits per heavy atom. The summed E-state index contributed by atoms with van der Waals surface area (Å²) in [6.07, 6.45) is 3.15. The summed E-state index contributed by atoms with van der Waals surface area (Å²) in [5, 5.41) is 4.59. The summed E-state index contributed by atoms with van der Waals surface area (Å²) in [6, 6.07) is 4.69. The first kappa shape index (κ1) is 15.5. The molecule has 1 aromatic rings. The van der Waals surface area contributed by atoms with Gasteiger partial charge in [0.1, 0.15) is 0 Å². The van der Waals surface area contributed by atoms with E-state index in [2.05, 4.69) is 55.3 Å². The number of pyridine rings is 1. The topological polar surface area (TPSA) is 28.2 Å². The van der Waals surface area contributed by atoms with Crippen molar-refractivity contribution in [1.82, 2.24) is 15.2 Å². The van der Waals surface area contributed by atoms with Crippen LogP contribution < -0.4 is 5.32 Å². The number of aromatic nitrogens is 1. The lowest BCUT2D eigenvalue weighted by Crippen LogP contribution is -2.19. The summed E-state index contributed by atoms with van der Waals surface area (Å²) < 4.78 is 0. The number of thioether (sulfide) groups is 1. The predicted octanol–water partition coefficient (Wildman–Crippen LogP) is 2.80. The van der Waals surface area contributed by atoms with E-state index in [9.17, 15) is 0 Å². The number of hydrogen-bond acceptors (Lipinski definition) is 4. The minimum Gasteiger partial charge on any atom is -0.310 e. The highest BCUT2D eigenvalue weighted by molar-refractivity contribution is 7.99. The van der Waals surface area contributed by atoms with Gasteiger partial charge in [-0.15, -0.1) is 11.8 Å². The number of nitrogens with one attached hydrogen (secondary N) is 1. The van der Waals surface area contributed by atoms with Gasteiger partial charge in [-0.1, -0.05) is 13.0 Å². The van der Waals surface area contributed by atoms with Crippen LogP contribution in [0.1, 0.15) is 31.9 Å². The van der Waals surface area contributed by atoms with E-state index in [0.29, 0.717) is 6.04 Å². The van der Waals surface area contributed by atoms with Crippen molar-refractivity contribution < 1.29 is 0 Å². The van der Waals surface area contributed by atoms with Gasteiger partial charge < -0.3 is 10.2 Å². The van der Waals surface area contributed by atoms with Gasteiger partial charge in [0.25, 0.3) is 0 Å². The van der Waals surface area contributed by atoms with E-state index in [0.717, 1.165) is 30.3 Å². The molecule has 0 radical (unpaired) electrons. The van der Waals surface area contributed by atoms with Crippen LogP contribution in [0.25, 0.3) is 0 Å². The Morgan fingerprint density at radius 3 is 2.72 bits per heavy atom. The van der Waals surface area contributed by atoms with Gasteiger partial charge >= 0.3 is 0 Å². The van der Waals surface area contributed by atoms with Crippen molar-refractivity contribution in [2.45, 2.75) is 31.3 Å². The van der Waals surface area contributed by atoms with Crippen molar-refractivity contribution in [1.29, 1.82) is 0 Å². The quantitative estimate of drug-likeness (QED) is 0.733. The van der Waals surface area contributed by atoms with E-state index in [4.69, 9.17) is 0 Å². The Balaban J connectivity index is 2.41. The summed E-state index contributed by atoms with van der Waals surface area (Å²) >= 11 is 1.81. The van der Waals surface area contributed by atoms with Crippen molar-refractivity contribution in [3.05, 3.63) is 23.9 Å². The van der Waals surface area contributed by atoms with Gasteiger partial charge in [-0.3, -0.25) is 0 Å². The third-order valence-electron chi connectivity index (χ3n) is 2.75. The Morgan fingerprint density at radius 1 is 1.39 bits per heavy atom. The van der Waals surface area contributed by atoms with Gasteiger partial charge in [0.2, 0.25) is 0 Å². The van der Waals surface area contributed by atoms with E-state index >= 15 is 0 Å². The summed E-state index contributed by atoms with van der Waals surface area (Å²) in [7, 11) is 4.19. The predicted molar refractivity (Wildman–Crippen MR) is 80.2 cm³/mol. The van der Waals surface area contributed by atoms with Crippen LogP contribution in [0.4, 0.5) is 0 Å². The Kier molecular flexibility index (Phi) is 7.32. The maximum atomic E-state index is 4.51. The molecule has 0 fully saturated rings. The molecule has 0 aromatic carbocycles. The zero-order chi connectivity index (χ0) is 13.4. The van der Waals surface area contributed by atoms with Gasteiger partial charge in [0.05, 0.1) is 5.03 Å². The fraction of sp³-hybridized carbons (Fsp3) is 0.643. The minimum atomic E-state index is 0.387.